The number of pyridine rings is 3. The van der Waals surface area contributed by atoms with Crippen LogP contribution in [0.1, 0.15) is 107 Å². The summed E-state index contributed by atoms with van der Waals surface area (Å²) in [6.45, 7) is 11.0. The van der Waals surface area contributed by atoms with Gasteiger partial charge in [0, 0.05) is 31.0 Å². The molecule has 0 spiro atoms. The third-order valence-electron chi connectivity index (χ3n) is 10.1. The number of carbonyl (C=O) groups is 3. The highest BCUT2D eigenvalue weighted by Gasteiger charge is 2.35. The van der Waals surface area contributed by atoms with Gasteiger partial charge in [-0.3, -0.25) is 24.9 Å². The van der Waals surface area contributed by atoms with Crippen LogP contribution in [0.3, 0.4) is 0 Å². The molecule has 3 fully saturated rings. The van der Waals surface area contributed by atoms with E-state index in [9.17, 15) is 40.7 Å². The number of rotatable bonds is 13. The van der Waals surface area contributed by atoms with Crippen LogP contribution in [0.4, 0.5) is 42.6 Å². The normalized spacial score (nSPS) is 16.7. The van der Waals surface area contributed by atoms with E-state index in [2.05, 4.69) is 37.8 Å². The van der Waals surface area contributed by atoms with Gasteiger partial charge < -0.3 is 20.3 Å². The number of hydrogen-bond donors (Lipinski definition) is 3. The summed E-state index contributed by atoms with van der Waals surface area (Å²) in [5.41, 5.74) is -0.364. The predicted octanol–water partition coefficient (Wildman–Crippen LogP) is 8.97. The first-order valence-corrected chi connectivity index (χ1v) is 19.5. The third-order valence-corrected chi connectivity index (χ3v) is 10.1. The second kappa shape index (κ2) is 18.4. The van der Waals surface area contributed by atoms with Gasteiger partial charge in [-0.2, -0.15) is 26.3 Å². The molecule has 3 heterocycles. The van der Waals surface area contributed by atoms with Crippen molar-refractivity contribution in [2.45, 2.75) is 110 Å². The Morgan fingerprint density at radius 1 is 0.776 bits per heavy atom. The molecule has 6 rings (SSSR count). The van der Waals surface area contributed by atoms with Gasteiger partial charge in [-0.05, 0) is 126 Å². The fourth-order valence-electron chi connectivity index (χ4n) is 6.31. The first-order valence-electron chi connectivity index (χ1n) is 19.5. The summed E-state index contributed by atoms with van der Waals surface area (Å²) in [4.78, 5) is 51.8. The number of hydrogen-bond acceptors (Lipinski definition) is 8. The van der Waals surface area contributed by atoms with Crippen LogP contribution in [-0.2, 0) is 39.8 Å². The van der Waals surface area contributed by atoms with Crippen LogP contribution in [0.25, 0.3) is 0 Å². The molecule has 3 aliphatic rings. The van der Waals surface area contributed by atoms with E-state index in [1.54, 1.807) is 26.8 Å². The predicted molar refractivity (Wildman–Crippen MR) is 204 cm³/mol. The van der Waals surface area contributed by atoms with E-state index in [-0.39, 0.29) is 36.3 Å². The highest BCUT2D eigenvalue weighted by Crippen LogP contribution is 2.44. The zero-order valence-electron chi connectivity index (χ0n) is 33.3. The number of anilines is 2. The Balaban J connectivity index is 0.000000296. The van der Waals surface area contributed by atoms with E-state index in [1.807, 2.05) is 6.92 Å². The summed E-state index contributed by atoms with van der Waals surface area (Å²) in [5.74, 6) is 0.796. The second-order valence-corrected chi connectivity index (χ2v) is 16.5. The molecule has 3 amide bonds. The zero-order chi connectivity index (χ0) is 42.4. The summed E-state index contributed by atoms with van der Waals surface area (Å²) in [6.07, 6.45) is -0.0386. The molecule has 3 N–H and O–H groups in total. The number of aromatic nitrogens is 3. The summed E-state index contributed by atoms with van der Waals surface area (Å²) < 4.78 is 81.1. The lowest BCUT2D eigenvalue weighted by Crippen LogP contribution is -2.42. The Morgan fingerprint density at radius 3 is 1.84 bits per heavy atom. The van der Waals surface area contributed by atoms with E-state index in [0.717, 1.165) is 68.2 Å². The van der Waals surface area contributed by atoms with Crippen molar-refractivity contribution in [2.24, 2.45) is 23.7 Å². The van der Waals surface area contributed by atoms with Crippen LogP contribution in [0.2, 0.25) is 0 Å². The Hall–Kier alpha value is -4.80. The van der Waals surface area contributed by atoms with Crippen molar-refractivity contribution in [3.8, 4) is 0 Å². The van der Waals surface area contributed by atoms with Crippen LogP contribution in [0.15, 0.2) is 48.9 Å². The summed E-state index contributed by atoms with van der Waals surface area (Å²) >= 11 is 0. The Labute approximate surface area is 334 Å². The number of carbonyl (C=O) groups excluding carboxylic acids is 3. The molecule has 0 saturated heterocycles. The molecule has 0 aromatic carbocycles. The van der Waals surface area contributed by atoms with Crippen molar-refractivity contribution in [1.29, 1.82) is 0 Å². The maximum absolute atomic E-state index is 13.2. The minimum atomic E-state index is -4.52. The monoisotopic (exact) mass is 819 g/mol. The van der Waals surface area contributed by atoms with Crippen molar-refractivity contribution in [3.05, 3.63) is 77.0 Å². The molecule has 0 aliphatic heterocycles. The standard InChI is InChI=1S/C28H34F3N5O4.C13H17F3N2/c1-16(17-5-6-17)14-36(15-20-10-9-19(12-32-20)28(29,30)31)25(38)24(37)34-21-11-22(18-7-8-18)23(33-13-21)35-26(39)40-27(2,3)4;1-9(10-2-3-10)6-17-8-12-5-4-11(7-18-12)13(14,15)16/h9-13,16-18H,5-8,14-15H2,1-4H3,(H,34,37)(H,33,35,39);4-5,7,9-10,17H,2-3,6,8H2,1H3. The molecule has 2 atom stereocenters. The average molecular weight is 820 g/mol. The molecule has 316 valence electrons. The molecular formula is C41H51F6N7O4. The third kappa shape index (κ3) is 13.9. The number of alkyl halides is 6. The molecule has 11 nitrogen and oxygen atoms in total. The molecule has 3 aliphatic carbocycles. The van der Waals surface area contributed by atoms with Crippen molar-refractivity contribution in [3.63, 3.8) is 0 Å². The van der Waals surface area contributed by atoms with E-state index < -0.39 is 47.0 Å². The molecule has 0 radical (unpaired) electrons. The first kappa shape index (κ1) is 44.3. The lowest BCUT2D eigenvalue weighted by Gasteiger charge is -2.25. The first-order chi connectivity index (χ1) is 27.2. The maximum atomic E-state index is 13.2. The van der Waals surface area contributed by atoms with Crippen LogP contribution in [0.5, 0.6) is 0 Å². The lowest BCUT2D eigenvalue weighted by molar-refractivity contribution is -0.144. The molecule has 3 aromatic heterocycles. The number of amides is 3. The highest BCUT2D eigenvalue weighted by molar-refractivity contribution is 6.39. The average Bonchev–Trinajstić information content (AvgIpc) is 3.98. The van der Waals surface area contributed by atoms with Crippen molar-refractivity contribution >= 4 is 29.4 Å². The number of nitrogens with one attached hydrogen (secondary N) is 3. The highest BCUT2D eigenvalue weighted by atomic mass is 19.4. The fraction of sp³-hybridized carbons (Fsp3) is 0.561. The Bertz CT molecular complexity index is 1870. The Kier molecular flexibility index (Phi) is 14.1. The quantitative estimate of drug-likeness (QED) is 0.115. The van der Waals surface area contributed by atoms with Gasteiger partial charge in [-0.15, -0.1) is 0 Å². The van der Waals surface area contributed by atoms with Crippen molar-refractivity contribution in [1.82, 2.24) is 25.2 Å². The van der Waals surface area contributed by atoms with Crippen LogP contribution >= 0.6 is 0 Å². The molecular weight excluding hydrogens is 768 g/mol. The van der Waals surface area contributed by atoms with Crippen LogP contribution in [-0.4, -0.2) is 56.5 Å². The van der Waals surface area contributed by atoms with Gasteiger partial charge in [-0.1, -0.05) is 13.8 Å². The van der Waals surface area contributed by atoms with Gasteiger partial charge in [0.05, 0.1) is 40.9 Å². The van der Waals surface area contributed by atoms with Crippen LogP contribution in [0, 0.1) is 23.7 Å². The van der Waals surface area contributed by atoms with Crippen molar-refractivity contribution in [2.75, 3.05) is 23.7 Å². The van der Waals surface area contributed by atoms with Crippen LogP contribution < -0.4 is 16.0 Å². The molecule has 58 heavy (non-hydrogen) atoms. The number of halogens is 6. The van der Waals surface area contributed by atoms with Gasteiger partial charge >= 0.3 is 30.3 Å². The number of ether oxygens (including phenoxy) is 1. The largest absolute Gasteiger partial charge is 0.444 e. The topological polar surface area (TPSA) is 138 Å². The van der Waals surface area contributed by atoms with Gasteiger partial charge in [-0.25, -0.2) is 9.78 Å². The molecule has 0 bridgehead atoms. The fourth-order valence-corrected chi connectivity index (χ4v) is 6.31. The van der Waals surface area contributed by atoms with E-state index in [4.69, 9.17) is 4.74 Å². The zero-order valence-corrected chi connectivity index (χ0v) is 33.3. The molecule has 2 unspecified atom stereocenters. The van der Waals surface area contributed by atoms with Gasteiger partial charge in [0.1, 0.15) is 11.4 Å². The maximum Gasteiger partial charge on any atom is 0.417 e. The second-order valence-electron chi connectivity index (χ2n) is 16.5. The number of nitrogens with zero attached hydrogens (tertiary/aromatic N) is 4. The summed E-state index contributed by atoms with van der Waals surface area (Å²) in [5, 5.41) is 8.48. The van der Waals surface area contributed by atoms with Gasteiger partial charge in [0.15, 0.2) is 0 Å². The minimum Gasteiger partial charge on any atom is -0.444 e. The molecule has 3 saturated carbocycles. The van der Waals surface area contributed by atoms with Gasteiger partial charge in [0.2, 0.25) is 0 Å². The molecule has 17 heteroatoms. The smallest absolute Gasteiger partial charge is 0.417 e. The molecule has 3 aromatic rings. The summed E-state index contributed by atoms with van der Waals surface area (Å²) in [6, 6.07) is 6.31. The Morgan fingerprint density at radius 2 is 1.34 bits per heavy atom. The van der Waals surface area contributed by atoms with E-state index >= 15 is 0 Å². The SMILES string of the molecule is CC(CN(Cc1ccc(C(F)(F)F)cn1)C(=O)C(=O)Nc1cnc(NC(=O)OC(C)(C)C)c(C2CC2)c1)C1CC1.CC(CNCc1ccc(C(F)(F)F)cn1)C1CC1. The van der Waals surface area contributed by atoms with Gasteiger partial charge in [0.25, 0.3) is 0 Å². The minimum absolute atomic E-state index is 0.105. The lowest BCUT2D eigenvalue weighted by atomic mass is 10.1. The van der Waals surface area contributed by atoms with Crippen molar-refractivity contribution < 1.29 is 45.5 Å². The summed E-state index contributed by atoms with van der Waals surface area (Å²) in [7, 11) is 0. The van der Waals surface area contributed by atoms with E-state index in [0.29, 0.717) is 29.9 Å². The van der Waals surface area contributed by atoms with E-state index in [1.165, 1.54) is 36.1 Å².